The first-order chi connectivity index (χ1) is 22.6. The number of rotatable bonds is 9. The molecule has 12 nitrogen and oxygen atoms in total. The van der Waals surface area contributed by atoms with Crippen molar-refractivity contribution in [2.75, 3.05) is 19.7 Å². The number of hydrogen-bond donors (Lipinski definition) is 1. The van der Waals surface area contributed by atoms with E-state index < -0.39 is 23.6 Å². The van der Waals surface area contributed by atoms with Gasteiger partial charge in [0.05, 0.1) is 25.4 Å². The monoisotopic (exact) mass is 676 g/mol. The molecule has 0 radical (unpaired) electrons. The van der Waals surface area contributed by atoms with Gasteiger partial charge in [0.1, 0.15) is 34.8 Å². The average Bonchev–Trinajstić information content (AvgIpc) is 3.64. The molecule has 0 saturated carbocycles. The predicted molar refractivity (Wildman–Crippen MR) is 155 cm³/mol. The molecule has 1 unspecified atom stereocenters. The van der Waals surface area contributed by atoms with Crippen LogP contribution in [0, 0.1) is 11.6 Å². The second-order valence-corrected chi connectivity index (χ2v) is 11.8. The molecule has 6 heterocycles. The average molecular weight is 677 g/mol. The topological polar surface area (TPSA) is 133 Å². The third-order valence-corrected chi connectivity index (χ3v) is 8.29. The van der Waals surface area contributed by atoms with Gasteiger partial charge in [0.15, 0.2) is 11.5 Å². The largest absolute Gasteiger partial charge is 0.472 e. The zero-order chi connectivity index (χ0) is 32.7. The number of benzene rings is 1. The maximum atomic E-state index is 14.6. The van der Waals surface area contributed by atoms with E-state index >= 15 is 0 Å². The highest BCUT2D eigenvalue weighted by molar-refractivity contribution is 6.30. The third-order valence-electron chi connectivity index (χ3n) is 8.05. The first-order valence-electron chi connectivity index (χ1n) is 14.8. The van der Waals surface area contributed by atoms with Gasteiger partial charge in [-0.15, -0.1) is 20.4 Å². The van der Waals surface area contributed by atoms with Crippen LogP contribution < -0.4 is 4.74 Å². The molecule has 47 heavy (non-hydrogen) atoms. The molecule has 1 aromatic carbocycles. The van der Waals surface area contributed by atoms with Gasteiger partial charge >= 0.3 is 6.18 Å². The lowest BCUT2D eigenvalue weighted by molar-refractivity contribution is -0.144. The van der Waals surface area contributed by atoms with Crippen LogP contribution in [-0.2, 0) is 30.4 Å². The molecular formula is C29H26ClF5N10O2. The van der Waals surface area contributed by atoms with Crippen LogP contribution in [-0.4, -0.2) is 81.7 Å². The number of halogens is 6. The van der Waals surface area contributed by atoms with Crippen LogP contribution in [0.3, 0.4) is 0 Å². The lowest BCUT2D eigenvalue weighted by Crippen LogP contribution is -2.39. The van der Waals surface area contributed by atoms with Crippen molar-refractivity contribution in [1.29, 1.82) is 0 Å². The summed E-state index contributed by atoms with van der Waals surface area (Å²) in [5.74, 6) is -1.90. The van der Waals surface area contributed by atoms with Crippen molar-refractivity contribution in [3.8, 4) is 17.4 Å². The number of piperidine rings is 1. The Morgan fingerprint density at radius 2 is 1.81 bits per heavy atom. The zero-order valence-corrected chi connectivity index (χ0v) is 25.3. The van der Waals surface area contributed by atoms with Crippen LogP contribution in [0.5, 0.6) is 5.88 Å². The maximum absolute atomic E-state index is 14.6. The van der Waals surface area contributed by atoms with E-state index in [-0.39, 0.29) is 46.9 Å². The third kappa shape index (κ3) is 6.87. The molecule has 2 aliphatic heterocycles. The first kappa shape index (κ1) is 31.3. The van der Waals surface area contributed by atoms with Gasteiger partial charge in [0.25, 0.3) is 5.88 Å². The highest BCUT2D eigenvalue weighted by atomic mass is 35.5. The summed E-state index contributed by atoms with van der Waals surface area (Å²) in [6.07, 6.45) is -1.91. The first-order valence-corrected chi connectivity index (χ1v) is 15.2. The van der Waals surface area contributed by atoms with Crippen LogP contribution in [0.1, 0.15) is 42.3 Å². The van der Waals surface area contributed by atoms with Gasteiger partial charge in [0.2, 0.25) is 11.6 Å². The van der Waals surface area contributed by atoms with Crippen LogP contribution in [0.15, 0.2) is 30.5 Å². The molecular weight excluding hydrogens is 651 g/mol. The smallest absolute Gasteiger partial charge is 0.451 e. The summed E-state index contributed by atoms with van der Waals surface area (Å²) in [4.78, 5) is 17.3. The number of imidazole rings is 1. The van der Waals surface area contributed by atoms with E-state index in [9.17, 15) is 22.0 Å². The Kier molecular flexibility index (Phi) is 8.44. The normalized spacial score (nSPS) is 17.7. The molecule has 0 spiro atoms. The van der Waals surface area contributed by atoms with Gasteiger partial charge in [-0.3, -0.25) is 4.90 Å². The molecule has 0 amide bonds. The fraction of sp³-hybridized carbons (Fsp3) is 0.414. The second-order valence-electron chi connectivity index (χ2n) is 11.3. The minimum absolute atomic E-state index is 0.0146. The number of nitrogens with one attached hydrogen (secondary N) is 1. The Morgan fingerprint density at radius 1 is 1.00 bits per heavy atom. The Balaban J connectivity index is 1.03. The van der Waals surface area contributed by atoms with Gasteiger partial charge in [-0.25, -0.2) is 14.4 Å². The molecule has 1 N–H and O–H groups in total. The number of hydrogen-bond acceptors (Lipinski definition) is 10. The van der Waals surface area contributed by atoms with Crippen LogP contribution in [0.4, 0.5) is 22.0 Å². The van der Waals surface area contributed by atoms with Crippen molar-refractivity contribution in [2.45, 2.75) is 57.2 Å². The van der Waals surface area contributed by atoms with E-state index in [0.717, 1.165) is 12.6 Å². The zero-order valence-electron chi connectivity index (χ0n) is 24.5. The number of aromatic amines is 1. The number of fused-ring (bicyclic) bond motifs is 1. The van der Waals surface area contributed by atoms with Crippen molar-refractivity contribution in [3.63, 3.8) is 0 Å². The summed E-state index contributed by atoms with van der Waals surface area (Å²) < 4.78 is 81.4. The number of alkyl halides is 3. The van der Waals surface area contributed by atoms with E-state index in [0.29, 0.717) is 68.2 Å². The van der Waals surface area contributed by atoms with Crippen LogP contribution in [0.25, 0.3) is 22.7 Å². The number of nitrogens with zero attached hydrogens (tertiary/aromatic N) is 9. The highest BCUT2D eigenvalue weighted by Gasteiger charge is 2.36. The van der Waals surface area contributed by atoms with Crippen molar-refractivity contribution in [2.24, 2.45) is 0 Å². The fourth-order valence-electron chi connectivity index (χ4n) is 5.47. The molecule has 2 saturated heterocycles. The van der Waals surface area contributed by atoms with Crippen LogP contribution >= 0.6 is 11.6 Å². The molecule has 0 bridgehead atoms. The van der Waals surface area contributed by atoms with Gasteiger partial charge in [-0.1, -0.05) is 17.7 Å². The van der Waals surface area contributed by atoms with Crippen molar-refractivity contribution in [1.82, 2.24) is 49.8 Å². The summed E-state index contributed by atoms with van der Waals surface area (Å²) in [7, 11) is 0. The lowest BCUT2D eigenvalue weighted by Gasteiger charge is -2.32. The van der Waals surface area contributed by atoms with Gasteiger partial charge in [-0.05, 0) is 43.0 Å². The molecule has 2 fully saturated rings. The molecule has 4 aromatic heterocycles. The second kappa shape index (κ2) is 12.7. The lowest BCUT2D eigenvalue weighted by atomic mass is 10.1. The Labute approximate surface area is 268 Å². The van der Waals surface area contributed by atoms with Crippen molar-refractivity contribution in [3.05, 3.63) is 70.2 Å². The number of ether oxygens (including phenoxy) is 2. The number of aromatic nitrogens is 9. The maximum Gasteiger partial charge on any atom is 0.451 e. The SMILES string of the molecule is Fc1cc(Cl)ccc1Cc1ncc(F)c(OC2CCN(Cc3nc4cc(-c5nnc(C(F)(F)F)[nH]5)nnc4n3CC3CCO3)CC2)n1. The molecule has 2 aliphatic rings. The van der Waals surface area contributed by atoms with E-state index in [1.807, 2.05) is 4.57 Å². The quantitative estimate of drug-likeness (QED) is 0.218. The Bertz CT molecular complexity index is 1910. The Hall–Kier alpha value is -4.35. The fourth-order valence-corrected chi connectivity index (χ4v) is 5.63. The minimum Gasteiger partial charge on any atom is -0.472 e. The van der Waals surface area contributed by atoms with Gasteiger partial charge in [0, 0.05) is 31.1 Å². The standard InChI is InChI=1S/C29H26ClF5N10O2/c30-16-2-1-15(19(31)10-16)9-23-36-12-20(32)27(38-23)47-17-3-6-44(7-4-17)14-24-37-22-11-21(25-39-28(43-41-25)29(33,34)35)40-42-26(22)45(24)13-18-5-8-46-18/h1-2,10-12,17-18H,3-9,13-14H2,(H,39,41,43). The van der Waals surface area contributed by atoms with E-state index in [2.05, 4.69) is 40.2 Å². The summed E-state index contributed by atoms with van der Waals surface area (Å²) >= 11 is 5.83. The highest BCUT2D eigenvalue weighted by Crippen LogP contribution is 2.29. The van der Waals surface area contributed by atoms with Crippen LogP contribution in [0.2, 0.25) is 5.02 Å². The van der Waals surface area contributed by atoms with Crippen molar-refractivity contribution < 1.29 is 31.4 Å². The van der Waals surface area contributed by atoms with Crippen molar-refractivity contribution >= 4 is 22.8 Å². The molecule has 1 atom stereocenters. The Morgan fingerprint density at radius 3 is 2.51 bits per heavy atom. The summed E-state index contributed by atoms with van der Waals surface area (Å²) in [5, 5.41) is 15.4. The summed E-state index contributed by atoms with van der Waals surface area (Å²) in [6.45, 7) is 2.83. The van der Waals surface area contributed by atoms with E-state index in [1.165, 1.54) is 18.2 Å². The van der Waals surface area contributed by atoms with Gasteiger partial charge < -0.3 is 19.0 Å². The molecule has 7 rings (SSSR count). The summed E-state index contributed by atoms with van der Waals surface area (Å²) in [5.41, 5.74) is 1.32. The minimum atomic E-state index is -4.68. The molecule has 18 heteroatoms. The number of likely N-dealkylation sites (tertiary alicyclic amines) is 1. The number of H-pyrrole nitrogens is 1. The van der Waals surface area contributed by atoms with E-state index in [4.69, 9.17) is 26.1 Å². The molecule has 0 aliphatic carbocycles. The summed E-state index contributed by atoms with van der Waals surface area (Å²) in [6, 6.07) is 5.81. The molecule has 5 aromatic rings. The molecule has 246 valence electrons. The van der Waals surface area contributed by atoms with Gasteiger partial charge in [-0.2, -0.15) is 22.5 Å². The predicted octanol–water partition coefficient (Wildman–Crippen LogP) is 4.77. The van der Waals surface area contributed by atoms with E-state index in [1.54, 1.807) is 6.07 Å².